The number of thiazole rings is 1. The highest BCUT2D eigenvalue weighted by molar-refractivity contribution is 7.22. The largest absolute Gasteiger partial charge is 0.493 e. The Bertz CT molecular complexity index is 974. The van der Waals surface area contributed by atoms with E-state index in [1.165, 1.54) is 17.4 Å². The molecule has 28 heavy (non-hydrogen) atoms. The number of carbonyl (C=O) groups is 2. The SMILES string of the molecule is COc1cc2nc(NC(=O)CNC(=O)/C=C/c3ccccc3)sc2cc1OC. The highest BCUT2D eigenvalue weighted by Gasteiger charge is 2.12. The number of benzene rings is 2. The summed E-state index contributed by atoms with van der Waals surface area (Å²) < 4.78 is 11.4. The fourth-order valence-electron chi connectivity index (χ4n) is 2.43. The van der Waals surface area contributed by atoms with Gasteiger partial charge in [0.05, 0.1) is 31.0 Å². The van der Waals surface area contributed by atoms with E-state index in [9.17, 15) is 9.59 Å². The minimum absolute atomic E-state index is 0.152. The zero-order valence-corrected chi connectivity index (χ0v) is 16.2. The highest BCUT2D eigenvalue weighted by atomic mass is 32.1. The van der Waals surface area contributed by atoms with E-state index in [-0.39, 0.29) is 18.4 Å². The first kappa shape index (κ1) is 19.4. The van der Waals surface area contributed by atoms with Crippen molar-refractivity contribution < 1.29 is 19.1 Å². The smallest absolute Gasteiger partial charge is 0.245 e. The number of rotatable bonds is 7. The Morgan fingerprint density at radius 1 is 1.11 bits per heavy atom. The van der Waals surface area contributed by atoms with Gasteiger partial charge in [0.1, 0.15) is 0 Å². The van der Waals surface area contributed by atoms with Crippen LogP contribution in [0.1, 0.15) is 5.56 Å². The standard InChI is InChI=1S/C20H19N3O4S/c1-26-15-10-14-17(11-16(15)27-2)28-20(22-14)23-19(25)12-21-18(24)9-8-13-6-4-3-5-7-13/h3-11H,12H2,1-2H3,(H,21,24)(H,22,23,25)/b9-8+. The molecule has 0 spiro atoms. The molecule has 2 N–H and O–H groups in total. The Labute approximate surface area is 166 Å². The van der Waals surface area contributed by atoms with Crippen molar-refractivity contribution in [2.24, 2.45) is 0 Å². The third-order valence-electron chi connectivity index (χ3n) is 3.79. The molecule has 1 aromatic heterocycles. The molecule has 0 unspecified atom stereocenters. The number of nitrogens with one attached hydrogen (secondary N) is 2. The van der Waals surface area contributed by atoms with Crippen molar-refractivity contribution in [3.05, 3.63) is 54.1 Å². The number of methoxy groups -OCH3 is 2. The van der Waals surface area contributed by atoms with Crippen molar-refractivity contribution in [3.8, 4) is 11.5 Å². The lowest BCUT2D eigenvalue weighted by Crippen LogP contribution is -2.31. The quantitative estimate of drug-likeness (QED) is 0.598. The van der Waals surface area contributed by atoms with Crippen LogP contribution in [-0.4, -0.2) is 37.6 Å². The van der Waals surface area contributed by atoms with Crippen molar-refractivity contribution in [2.75, 3.05) is 26.1 Å². The number of hydrogen-bond acceptors (Lipinski definition) is 6. The van der Waals surface area contributed by atoms with Gasteiger partial charge in [0, 0.05) is 18.2 Å². The number of carbonyl (C=O) groups excluding carboxylic acids is 2. The van der Waals surface area contributed by atoms with E-state index in [4.69, 9.17) is 9.47 Å². The minimum atomic E-state index is -0.362. The summed E-state index contributed by atoms with van der Waals surface area (Å²) in [5.41, 5.74) is 1.59. The Morgan fingerprint density at radius 3 is 2.54 bits per heavy atom. The van der Waals surface area contributed by atoms with Crippen LogP contribution >= 0.6 is 11.3 Å². The number of aromatic nitrogens is 1. The number of nitrogens with zero attached hydrogens (tertiary/aromatic N) is 1. The van der Waals surface area contributed by atoms with Crippen molar-refractivity contribution in [2.45, 2.75) is 0 Å². The molecular weight excluding hydrogens is 378 g/mol. The monoisotopic (exact) mass is 397 g/mol. The summed E-state index contributed by atoms with van der Waals surface area (Å²) in [5, 5.41) is 5.66. The lowest BCUT2D eigenvalue weighted by atomic mass is 10.2. The lowest BCUT2D eigenvalue weighted by Gasteiger charge is -2.05. The molecule has 3 rings (SSSR count). The maximum Gasteiger partial charge on any atom is 0.245 e. The molecule has 0 aliphatic heterocycles. The third-order valence-corrected chi connectivity index (χ3v) is 4.72. The number of hydrogen-bond donors (Lipinski definition) is 2. The summed E-state index contributed by atoms with van der Waals surface area (Å²) >= 11 is 1.31. The fourth-order valence-corrected chi connectivity index (χ4v) is 3.33. The Kier molecular flexibility index (Phi) is 6.23. The summed E-state index contributed by atoms with van der Waals surface area (Å²) in [6.07, 6.45) is 3.07. The first-order valence-corrected chi connectivity index (χ1v) is 9.24. The molecule has 0 aliphatic rings. The van der Waals surface area contributed by atoms with Crippen LogP contribution in [0.2, 0.25) is 0 Å². The van der Waals surface area contributed by atoms with E-state index >= 15 is 0 Å². The second-order valence-electron chi connectivity index (χ2n) is 5.70. The predicted octanol–water partition coefficient (Wildman–Crippen LogP) is 3.08. The van der Waals surface area contributed by atoms with Crippen LogP contribution in [0.3, 0.4) is 0 Å². The second kappa shape index (κ2) is 9.01. The van der Waals surface area contributed by atoms with Crippen LogP contribution in [0.25, 0.3) is 16.3 Å². The fraction of sp³-hybridized carbons (Fsp3) is 0.150. The Hall–Kier alpha value is -3.39. The van der Waals surface area contributed by atoms with Crippen LogP contribution < -0.4 is 20.1 Å². The predicted molar refractivity (Wildman–Crippen MR) is 110 cm³/mol. The van der Waals surface area contributed by atoms with Crippen molar-refractivity contribution in [1.29, 1.82) is 0 Å². The van der Waals surface area contributed by atoms with Crippen LogP contribution in [0, 0.1) is 0 Å². The van der Waals surface area contributed by atoms with E-state index in [0.29, 0.717) is 22.1 Å². The van der Waals surface area contributed by atoms with Gasteiger partial charge >= 0.3 is 0 Å². The molecule has 3 aromatic rings. The first-order chi connectivity index (χ1) is 13.6. The van der Waals surface area contributed by atoms with Crippen LogP contribution in [0.15, 0.2) is 48.5 Å². The zero-order chi connectivity index (χ0) is 19.9. The normalized spacial score (nSPS) is 10.8. The topological polar surface area (TPSA) is 89.5 Å². The third kappa shape index (κ3) is 4.86. The molecule has 7 nitrogen and oxygen atoms in total. The Balaban J connectivity index is 1.57. The van der Waals surface area contributed by atoms with Crippen molar-refractivity contribution in [3.63, 3.8) is 0 Å². The molecule has 0 atom stereocenters. The molecule has 8 heteroatoms. The lowest BCUT2D eigenvalue weighted by molar-refractivity contribution is -0.121. The van der Waals surface area contributed by atoms with E-state index < -0.39 is 0 Å². The summed E-state index contributed by atoms with van der Waals surface area (Å²) in [4.78, 5) is 28.3. The van der Waals surface area contributed by atoms with Gasteiger partial charge in [-0.25, -0.2) is 4.98 Å². The van der Waals surface area contributed by atoms with Crippen LogP contribution in [-0.2, 0) is 9.59 Å². The maximum absolute atomic E-state index is 12.1. The second-order valence-corrected chi connectivity index (χ2v) is 6.73. The number of ether oxygens (including phenoxy) is 2. The van der Waals surface area contributed by atoms with Gasteiger partial charge in [-0.3, -0.25) is 9.59 Å². The average molecular weight is 397 g/mol. The van der Waals surface area contributed by atoms with E-state index in [2.05, 4.69) is 15.6 Å². The molecule has 0 fully saturated rings. The molecular formula is C20H19N3O4S. The molecule has 2 amide bonds. The van der Waals surface area contributed by atoms with E-state index in [0.717, 1.165) is 10.3 Å². The van der Waals surface area contributed by atoms with Crippen molar-refractivity contribution >= 4 is 44.6 Å². The maximum atomic E-state index is 12.1. The van der Waals surface area contributed by atoms with Gasteiger partial charge < -0.3 is 20.1 Å². The minimum Gasteiger partial charge on any atom is -0.493 e. The van der Waals surface area contributed by atoms with Gasteiger partial charge in [0.25, 0.3) is 0 Å². The highest BCUT2D eigenvalue weighted by Crippen LogP contribution is 2.36. The van der Waals surface area contributed by atoms with Crippen molar-refractivity contribution in [1.82, 2.24) is 10.3 Å². The van der Waals surface area contributed by atoms with Gasteiger partial charge in [-0.15, -0.1) is 0 Å². The molecule has 0 bridgehead atoms. The van der Waals surface area contributed by atoms with Crippen LogP contribution in [0.5, 0.6) is 11.5 Å². The number of amides is 2. The summed E-state index contributed by atoms with van der Waals surface area (Å²) in [7, 11) is 3.11. The average Bonchev–Trinajstić information content (AvgIpc) is 3.11. The van der Waals surface area contributed by atoms with Crippen LogP contribution in [0.4, 0.5) is 5.13 Å². The summed E-state index contributed by atoms with van der Waals surface area (Å²) in [6.45, 7) is -0.152. The molecule has 144 valence electrons. The summed E-state index contributed by atoms with van der Waals surface area (Å²) in [6, 6.07) is 13.0. The van der Waals surface area contributed by atoms with Gasteiger partial charge in [-0.1, -0.05) is 41.7 Å². The number of fused-ring (bicyclic) bond motifs is 1. The molecule has 0 radical (unpaired) electrons. The first-order valence-electron chi connectivity index (χ1n) is 8.42. The zero-order valence-electron chi connectivity index (χ0n) is 15.4. The molecule has 1 heterocycles. The Morgan fingerprint density at radius 2 is 1.82 bits per heavy atom. The summed E-state index contributed by atoms with van der Waals surface area (Å²) in [5.74, 6) is 0.446. The number of anilines is 1. The van der Waals surface area contributed by atoms with E-state index in [1.54, 1.807) is 32.4 Å². The molecule has 0 aliphatic carbocycles. The molecule has 0 saturated heterocycles. The molecule has 0 saturated carbocycles. The molecule has 2 aromatic carbocycles. The van der Waals surface area contributed by atoms with Gasteiger partial charge in [0.15, 0.2) is 16.6 Å². The van der Waals surface area contributed by atoms with E-state index in [1.807, 2.05) is 30.3 Å². The van der Waals surface area contributed by atoms with Gasteiger partial charge in [-0.2, -0.15) is 0 Å². The van der Waals surface area contributed by atoms with Gasteiger partial charge in [0.2, 0.25) is 11.8 Å². The van der Waals surface area contributed by atoms with Gasteiger partial charge in [-0.05, 0) is 11.6 Å².